The molecule has 0 radical (unpaired) electrons. The van der Waals surface area contributed by atoms with E-state index in [1.165, 1.54) is 43.4 Å². The zero-order valence-electron chi connectivity index (χ0n) is 27.9. The molecule has 5 nitrogen and oxygen atoms in total. The summed E-state index contributed by atoms with van der Waals surface area (Å²) in [6.45, 7) is 0. The molecule has 0 saturated heterocycles. The van der Waals surface area contributed by atoms with Gasteiger partial charge in [-0.3, -0.25) is 0 Å². The predicted octanol–water partition coefficient (Wildman–Crippen LogP) is 12.2. The third kappa shape index (κ3) is 4.39. The maximum Gasteiger partial charge on any atom is 0.164 e. The van der Waals surface area contributed by atoms with Crippen LogP contribution in [0.2, 0.25) is 0 Å². The van der Waals surface area contributed by atoms with Crippen LogP contribution in [0.5, 0.6) is 0 Å². The van der Waals surface area contributed by atoms with Crippen molar-refractivity contribution >= 4 is 65.3 Å². The summed E-state index contributed by atoms with van der Waals surface area (Å²) in [6.07, 6.45) is 0. The highest BCUT2D eigenvalue weighted by atomic mass is 16.3. The van der Waals surface area contributed by atoms with Gasteiger partial charge in [0.2, 0.25) is 0 Å². The van der Waals surface area contributed by atoms with E-state index in [0.29, 0.717) is 17.5 Å². The summed E-state index contributed by atoms with van der Waals surface area (Å²) in [4.78, 5) is 14.7. The minimum absolute atomic E-state index is 0.598. The standard InChI is InChI=1S/C47H28N4O/c1-3-13-31(14-4-1)45-48-46(32-15-5-2-6-16-32)50-47(49-45)33-19-23-37-38-24-22-34(28-42(38)52-41(37)27-33)51-39-25-20-29-11-7-9-17-35(29)43(39)44-36-18-10-8-12-30(36)21-26-40(44)51/h1-28H. The van der Waals surface area contributed by atoms with Crippen LogP contribution in [0.3, 0.4) is 0 Å². The monoisotopic (exact) mass is 664 g/mol. The Kier molecular flexibility index (Phi) is 6.18. The summed E-state index contributed by atoms with van der Waals surface area (Å²) in [7, 11) is 0. The molecule has 0 bridgehead atoms. The molecule has 242 valence electrons. The second kappa shape index (κ2) is 11.2. The van der Waals surface area contributed by atoms with Crippen LogP contribution in [-0.4, -0.2) is 19.5 Å². The van der Waals surface area contributed by atoms with Gasteiger partial charge in [-0.05, 0) is 57.9 Å². The number of hydrogen-bond acceptors (Lipinski definition) is 4. The lowest BCUT2D eigenvalue weighted by Crippen LogP contribution is -2.00. The molecule has 5 heteroatoms. The Hall–Kier alpha value is -7.11. The zero-order chi connectivity index (χ0) is 34.2. The first-order valence-corrected chi connectivity index (χ1v) is 17.4. The molecule has 0 aliphatic rings. The van der Waals surface area contributed by atoms with E-state index in [9.17, 15) is 0 Å². The quantitative estimate of drug-likeness (QED) is 0.188. The number of hydrogen-bond donors (Lipinski definition) is 0. The highest BCUT2D eigenvalue weighted by Gasteiger charge is 2.19. The van der Waals surface area contributed by atoms with Crippen LogP contribution in [0.1, 0.15) is 0 Å². The summed E-state index contributed by atoms with van der Waals surface area (Å²) >= 11 is 0. The molecule has 3 heterocycles. The van der Waals surface area contributed by atoms with E-state index in [1.807, 2.05) is 66.7 Å². The smallest absolute Gasteiger partial charge is 0.164 e. The van der Waals surface area contributed by atoms with E-state index < -0.39 is 0 Å². The van der Waals surface area contributed by atoms with Gasteiger partial charge >= 0.3 is 0 Å². The van der Waals surface area contributed by atoms with Crippen LogP contribution in [0.15, 0.2) is 174 Å². The third-order valence-corrected chi connectivity index (χ3v) is 10.2. The Morgan fingerprint density at radius 2 is 0.846 bits per heavy atom. The van der Waals surface area contributed by atoms with Crippen molar-refractivity contribution in [1.29, 1.82) is 0 Å². The fourth-order valence-corrected chi connectivity index (χ4v) is 7.81. The number of benzene rings is 8. The number of fused-ring (bicyclic) bond motifs is 10. The van der Waals surface area contributed by atoms with Crippen molar-refractivity contribution < 1.29 is 4.42 Å². The average molecular weight is 665 g/mol. The Morgan fingerprint density at radius 3 is 1.42 bits per heavy atom. The fourth-order valence-electron chi connectivity index (χ4n) is 7.81. The van der Waals surface area contributed by atoms with Gasteiger partial charge in [0, 0.05) is 50.0 Å². The van der Waals surface area contributed by atoms with Crippen molar-refractivity contribution in [2.75, 3.05) is 0 Å². The second-order valence-corrected chi connectivity index (χ2v) is 13.2. The largest absolute Gasteiger partial charge is 0.456 e. The SMILES string of the molecule is c1ccc(-c2nc(-c3ccccc3)nc(-c3ccc4c(c3)oc3cc(-n5c6ccc7ccccc7c6c6c7ccccc7ccc65)ccc34)n2)cc1. The minimum Gasteiger partial charge on any atom is -0.456 e. The topological polar surface area (TPSA) is 56.7 Å². The van der Waals surface area contributed by atoms with Crippen LogP contribution < -0.4 is 0 Å². The van der Waals surface area contributed by atoms with Crippen molar-refractivity contribution in [1.82, 2.24) is 19.5 Å². The van der Waals surface area contributed by atoms with Crippen LogP contribution >= 0.6 is 0 Å². The molecule has 0 N–H and O–H groups in total. The molecule has 0 atom stereocenters. The zero-order valence-corrected chi connectivity index (χ0v) is 27.9. The maximum absolute atomic E-state index is 6.66. The Bertz CT molecular complexity index is 3030. The van der Waals surface area contributed by atoms with E-state index in [0.717, 1.165) is 44.3 Å². The number of rotatable bonds is 4. The fraction of sp³-hybridized carbons (Fsp3) is 0. The first-order valence-electron chi connectivity index (χ1n) is 17.4. The lowest BCUT2D eigenvalue weighted by molar-refractivity contribution is 0.668. The van der Waals surface area contributed by atoms with Crippen LogP contribution in [-0.2, 0) is 0 Å². The first-order chi connectivity index (χ1) is 25.8. The molecule has 52 heavy (non-hydrogen) atoms. The molecule has 0 spiro atoms. The summed E-state index contributed by atoms with van der Waals surface area (Å²) in [5, 5.41) is 9.61. The van der Waals surface area contributed by atoms with E-state index in [2.05, 4.69) is 108 Å². The molecule has 11 rings (SSSR count). The van der Waals surface area contributed by atoms with Gasteiger partial charge in [-0.2, -0.15) is 0 Å². The molecular formula is C47H28N4O. The highest BCUT2D eigenvalue weighted by molar-refractivity contribution is 6.28. The lowest BCUT2D eigenvalue weighted by Gasteiger charge is -2.08. The van der Waals surface area contributed by atoms with E-state index >= 15 is 0 Å². The summed E-state index contributed by atoms with van der Waals surface area (Å²) in [6, 6.07) is 59.2. The van der Waals surface area contributed by atoms with Crippen molar-refractivity contribution in [3.8, 4) is 39.9 Å². The minimum atomic E-state index is 0.598. The van der Waals surface area contributed by atoms with E-state index in [4.69, 9.17) is 19.4 Å². The van der Waals surface area contributed by atoms with Crippen molar-refractivity contribution in [3.63, 3.8) is 0 Å². The third-order valence-electron chi connectivity index (χ3n) is 10.2. The van der Waals surface area contributed by atoms with Gasteiger partial charge in [-0.1, -0.05) is 127 Å². The molecule has 0 fully saturated rings. The summed E-state index contributed by atoms with van der Waals surface area (Å²) in [5.74, 6) is 1.86. The molecule has 0 saturated carbocycles. The molecular weight excluding hydrogens is 637 g/mol. The average Bonchev–Trinajstić information content (AvgIpc) is 3.76. The van der Waals surface area contributed by atoms with Crippen molar-refractivity contribution in [3.05, 3.63) is 170 Å². The predicted molar refractivity (Wildman–Crippen MR) is 213 cm³/mol. The molecule has 11 aromatic rings. The van der Waals surface area contributed by atoms with Crippen LogP contribution in [0, 0.1) is 0 Å². The number of nitrogens with zero attached hydrogens (tertiary/aromatic N) is 4. The van der Waals surface area contributed by atoms with Gasteiger partial charge in [-0.25, -0.2) is 15.0 Å². The highest BCUT2D eigenvalue weighted by Crippen LogP contribution is 2.41. The van der Waals surface area contributed by atoms with E-state index in [1.54, 1.807) is 0 Å². The van der Waals surface area contributed by atoms with Gasteiger partial charge in [0.25, 0.3) is 0 Å². The Balaban J connectivity index is 1.09. The molecule has 8 aromatic carbocycles. The first kappa shape index (κ1) is 28.7. The Morgan fingerprint density at radius 1 is 0.365 bits per heavy atom. The molecule has 3 aromatic heterocycles. The summed E-state index contributed by atoms with van der Waals surface area (Å²) in [5.41, 5.74) is 7.73. The van der Waals surface area contributed by atoms with Crippen LogP contribution in [0.4, 0.5) is 0 Å². The van der Waals surface area contributed by atoms with Crippen LogP contribution in [0.25, 0.3) is 105 Å². The normalized spacial score (nSPS) is 11.8. The lowest BCUT2D eigenvalue weighted by atomic mass is 10.00. The van der Waals surface area contributed by atoms with Crippen molar-refractivity contribution in [2.24, 2.45) is 0 Å². The Labute approximate surface area is 298 Å². The number of furan rings is 1. The molecule has 0 aliphatic heterocycles. The van der Waals surface area contributed by atoms with Crippen molar-refractivity contribution in [2.45, 2.75) is 0 Å². The van der Waals surface area contributed by atoms with Gasteiger partial charge in [0.1, 0.15) is 11.2 Å². The maximum atomic E-state index is 6.66. The second-order valence-electron chi connectivity index (χ2n) is 13.2. The van der Waals surface area contributed by atoms with Gasteiger partial charge in [0.15, 0.2) is 17.5 Å². The molecule has 0 amide bonds. The molecule has 0 aliphatic carbocycles. The van der Waals surface area contributed by atoms with E-state index in [-0.39, 0.29) is 0 Å². The van der Waals surface area contributed by atoms with Gasteiger partial charge in [-0.15, -0.1) is 0 Å². The van der Waals surface area contributed by atoms with Gasteiger partial charge < -0.3 is 8.98 Å². The summed E-state index contributed by atoms with van der Waals surface area (Å²) < 4.78 is 9.04. The molecule has 0 unspecified atom stereocenters. The number of aromatic nitrogens is 4. The van der Waals surface area contributed by atoms with Gasteiger partial charge in [0.05, 0.1) is 11.0 Å².